The van der Waals surface area contributed by atoms with Crippen LogP contribution in [0.1, 0.15) is 45.9 Å². The number of benzene rings is 1. The van der Waals surface area contributed by atoms with Crippen LogP contribution in [0.4, 0.5) is 13.2 Å². The van der Waals surface area contributed by atoms with Crippen LogP contribution in [-0.2, 0) is 10.9 Å². The molecule has 0 radical (unpaired) electrons. The van der Waals surface area contributed by atoms with Gasteiger partial charge in [-0.1, -0.05) is 64.0 Å². The van der Waals surface area contributed by atoms with Gasteiger partial charge < -0.3 is 9.26 Å². The summed E-state index contributed by atoms with van der Waals surface area (Å²) in [5.41, 5.74) is 2.73. The van der Waals surface area contributed by atoms with Gasteiger partial charge in [-0.05, 0) is 11.0 Å². The fourth-order valence-electron chi connectivity index (χ4n) is 3.62. The second kappa shape index (κ2) is 5.89. The molecule has 0 fully saturated rings. The summed E-state index contributed by atoms with van der Waals surface area (Å²) in [5, 5.41) is 3.52. The third kappa shape index (κ3) is 3.37. The molecule has 3 nitrogen and oxygen atoms in total. The molecule has 0 saturated carbocycles. The Morgan fingerprint density at radius 3 is 2.08 bits per heavy atom. The molecule has 0 unspecified atom stereocenters. The van der Waals surface area contributed by atoms with Crippen molar-refractivity contribution in [3.63, 3.8) is 0 Å². The largest absolute Gasteiger partial charge is 0.492 e. The van der Waals surface area contributed by atoms with Crippen molar-refractivity contribution >= 4 is 5.76 Å². The Hall–Kier alpha value is -2.24. The van der Waals surface area contributed by atoms with E-state index in [1.807, 2.05) is 12.1 Å². The molecule has 1 aromatic heterocycles. The topological polar surface area (TPSA) is 35.3 Å². The van der Waals surface area contributed by atoms with E-state index in [1.165, 1.54) is 5.57 Å². The van der Waals surface area contributed by atoms with Gasteiger partial charge >= 0.3 is 6.18 Å². The van der Waals surface area contributed by atoms with E-state index in [0.29, 0.717) is 12.2 Å². The van der Waals surface area contributed by atoms with Crippen molar-refractivity contribution in [2.75, 3.05) is 6.61 Å². The minimum Gasteiger partial charge on any atom is -0.492 e. The van der Waals surface area contributed by atoms with Gasteiger partial charge in [-0.15, -0.1) is 0 Å². The van der Waals surface area contributed by atoms with Crippen LogP contribution in [0.5, 0.6) is 0 Å². The summed E-state index contributed by atoms with van der Waals surface area (Å²) in [6.07, 6.45) is -4.54. The lowest BCUT2D eigenvalue weighted by molar-refractivity contribution is -0.155. The fourth-order valence-corrected chi connectivity index (χ4v) is 3.62. The molecule has 0 N–H and O–H groups in total. The van der Waals surface area contributed by atoms with Crippen LogP contribution in [0, 0.1) is 10.8 Å². The Labute approximate surface area is 150 Å². The third-order valence-corrected chi connectivity index (χ3v) is 4.46. The average molecular weight is 365 g/mol. The van der Waals surface area contributed by atoms with E-state index in [9.17, 15) is 13.2 Å². The number of hydrogen-bond donors (Lipinski definition) is 0. The van der Waals surface area contributed by atoms with E-state index in [0.717, 1.165) is 17.4 Å². The molecule has 6 heteroatoms. The first-order valence-corrected chi connectivity index (χ1v) is 8.42. The minimum atomic E-state index is -4.54. The molecule has 0 bridgehead atoms. The summed E-state index contributed by atoms with van der Waals surface area (Å²) in [5.74, 6) is -0.250. The number of aromatic nitrogens is 1. The van der Waals surface area contributed by atoms with Crippen LogP contribution in [0.3, 0.4) is 0 Å². The first-order valence-electron chi connectivity index (χ1n) is 8.42. The Bertz CT molecular complexity index is 837. The Morgan fingerprint density at radius 1 is 1.00 bits per heavy atom. The highest BCUT2D eigenvalue weighted by molar-refractivity contribution is 5.70. The number of ether oxygens (including phenoxy) is 1. The maximum Gasteiger partial charge on any atom is 0.452 e. The predicted octanol–water partition coefficient (Wildman–Crippen LogP) is 6.17. The minimum absolute atomic E-state index is 0.0538. The fraction of sp³-hybridized carbons (Fsp3) is 0.450. The van der Waals surface area contributed by atoms with Gasteiger partial charge in [0.1, 0.15) is 11.5 Å². The molecule has 0 spiro atoms. The Morgan fingerprint density at radius 2 is 1.58 bits per heavy atom. The first-order chi connectivity index (χ1) is 11.9. The molecule has 0 aliphatic carbocycles. The molecular formula is C20H22F3NO2. The number of rotatable bonds is 2. The smallest absolute Gasteiger partial charge is 0.452 e. The molecule has 140 valence electrons. The second-order valence-electron chi connectivity index (χ2n) is 8.28. The summed E-state index contributed by atoms with van der Waals surface area (Å²) < 4.78 is 48.3. The van der Waals surface area contributed by atoms with Gasteiger partial charge in [0.25, 0.3) is 0 Å². The Kier molecular flexibility index (Phi) is 4.20. The van der Waals surface area contributed by atoms with Gasteiger partial charge in [-0.2, -0.15) is 13.2 Å². The quantitative estimate of drug-likeness (QED) is 0.638. The van der Waals surface area contributed by atoms with Crippen molar-refractivity contribution in [1.29, 1.82) is 0 Å². The van der Waals surface area contributed by atoms with E-state index in [2.05, 4.69) is 44.3 Å². The maximum absolute atomic E-state index is 12.7. The number of nitrogens with zero attached hydrogens (tertiary/aromatic N) is 1. The summed E-state index contributed by atoms with van der Waals surface area (Å²) in [4.78, 5) is 0. The molecular weight excluding hydrogens is 343 g/mol. The predicted molar refractivity (Wildman–Crippen MR) is 93.0 cm³/mol. The zero-order valence-corrected chi connectivity index (χ0v) is 15.5. The summed E-state index contributed by atoms with van der Waals surface area (Å²) in [6.45, 7) is 11.4. The van der Waals surface area contributed by atoms with E-state index in [4.69, 9.17) is 4.74 Å². The van der Waals surface area contributed by atoms with Crippen LogP contribution < -0.4 is 0 Å². The van der Waals surface area contributed by atoms with E-state index >= 15 is 0 Å². The van der Waals surface area contributed by atoms with Crippen molar-refractivity contribution < 1.29 is 22.4 Å². The molecule has 0 saturated heterocycles. The lowest BCUT2D eigenvalue weighted by Crippen LogP contribution is -2.24. The standard InChI is InChI=1S/C20H22F3NO2/c1-18(2,3)17-16(25-11-19(17,4)5)13-8-6-12(7-9-13)14-10-15(26-24-14)20(21,22)23/h6-10H,11H2,1-5H3. The van der Waals surface area contributed by atoms with Gasteiger partial charge in [-0.25, -0.2) is 0 Å². The highest BCUT2D eigenvalue weighted by atomic mass is 19.4. The van der Waals surface area contributed by atoms with Gasteiger partial charge in [-0.3, -0.25) is 0 Å². The average Bonchev–Trinajstić information content (AvgIpc) is 3.10. The normalized spacial score (nSPS) is 17.5. The van der Waals surface area contributed by atoms with Crippen molar-refractivity contribution in [3.8, 4) is 11.3 Å². The molecule has 1 aromatic carbocycles. The first kappa shape index (κ1) is 18.5. The summed E-state index contributed by atoms with van der Waals surface area (Å²) in [6, 6.07) is 8.06. The third-order valence-electron chi connectivity index (χ3n) is 4.46. The van der Waals surface area contributed by atoms with Crippen molar-refractivity contribution in [2.45, 2.75) is 40.8 Å². The van der Waals surface area contributed by atoms with Crippen molar-refractivity contribution in [1.82, 2.24) is 5.16 Å². The van der Waals surface area contributed by atoms with Crippen LogP contribution in [0.2, 0.25) is 0 Å². The molecule has 3 rings (SSSR count). The van der Waals surface area contributed by atoms with Gasteiger partial charge in [0.2, 0.25) is 5.76 Å². The molecule has 0 amide bonds. The summed E-state index contributed by atoms with van der Waals surface area (Å²) in [7, 11) is 0. The van der Waals surface area contributed by atoms with Crippen LogP contribution >= 0.6 is 0 Å². The highest BCUT2D eigenvalue weighted by Gasteiger charge is 2.41. The molecule has 2 aromatic rings. The maximum atomic E-state index is 12.7. The lowest BCUT2D eigenvalue weighted by atomic mass is 9.71. The molecule has 2 heterocycles. The van der Waals surface area contributed by atoms with Gasteiger partial charge in [0, 0.05) is 22.6 Å². The number of hydrogen-bond acceptors (Lipinski definition) is 3. The van der Waals surface area contributed by atoms with E-state index in [1.54, 1.807) is 12.1 Å². The molecule has 26 heavy (non-hydrogen) atoms. The molecule has 1 aliphatic heterocycles. The molecule has 1 aliphatic rings. The van der Waals surface area contributed by atoms with Gasteiger partial charge in [0.05, 0.1) is 6.61 Å². The van der Waals surface area contributed by atoms with E-state index < -0.39 is 11.9 Å². The Balaban J connectivity index is 1.96. The zero-order chi connectivity index (χ0) is 19.3. The summed E-state index contributed by atoms with van der Waals surface area (Å²) >= 11 is 0. The monoisotopic (exact) mass is 365 g/mol. The van der Waals surface area contributed by atoms with E-state index in [-0.39, 0.29) is 16.5 Å². The van der Waals surface area contributed by atoms with Crippen molar-refractivity contribution in [2.24, 2.45) is 10.8 Å². The second-order valence-corrected chi connectivity index (χ2v) is 8.28. The van der Waals surface area contributed by atoms with Gasteiger partial charge in [0.15, 0.2) is 0 Å². The van der Waals surface area contributed by atoms with Crippen LogP contribution in [0.15, 0.2) is 40.4 Å². The zero-order valence-electron chi connectivity index (χ0n) is 15.5. The lowest BCUT2D eigenvalue weighted by Gasteiger charge is -2.30. The number of alkyl halides is 3. The number of halogens is 3. The molecule has 0 atom stereocenters. The van der Waals surface area contributed by atoms with Crippen molar-refractivity contribution in [3.05, 3.63) is 47.2 Å². The van der Waals surface area contributed by atoms with Crippen LogP contribution in [-0.4, -0.2) is 11.8 Å². The van der Waals surface area contributed by atoms with Crippen LogP contribution in [0.25, 0.3) is 17.0 Å². The highest BCUT2D eigenvalue weighted by Crippen LogP contribution is 2.49. The SMILES string of the molecule is CC(C)(C)C1=C(c2ccc(-c3cc(C(F)(F)F)on3)cc2)OCC1(C)C.